The van der Waals surface area contributed by atoms with E-state index >= 15 is 0 Å². The van der Waals surface area contributed by atoms with E-state index in [1.54, 1.807) is 7.11 Å². The first-order chi connectivity index (χ1) is 15.1. The van der Waals surface area contributed by atoms with E-state index in [1.165, 1.54) is 0 Å². The van der Waals surface area contributed by atoms with Gasteiger partial charge in [0.2, 0.25) is 5.89 Å². The van der Waals surface area contributed by atoms with Crippen molar-refractivity contribution in [1.29, 1.82) is 0 Å². The Labute approximate surface area is 181 Å². The molecule has 1 aromatic carbocycles. The molecule has 3 fully saturated rings. The van der Waals surface area contributed by atoms with E-state index in [1.807, 2.05) is 36.1 Å². The van der Waals surface area contributed by atoms with Gasteiger partial charge in [-0.05, 0) is 31.9 Å². The number of methoxy groups -OCH3 is 1. The van der Waals surface area contributed by atoms with E-state index in [-0.39, 0.29) is 17.4 Å². The SMILES string of the molecule is COc1cccc(NC(=O)N2C[C@H]3CN(C4CCOCC4)C[C@@]3(c3nc(C)no3)C2)c1. The number of hydrogen-bond acceptors (Lipinski definition) is 7. The second-order valence-corrected chi connectivity index (χ2v) is 8.82. The number of aromatic nitrogens is 2. The number of urea groups is 1. The highest BCUT2D eigenvalue weighted by Gasteiger charge is 2.58. The van der Waals surface area contributed by atoms with Crippen LogP contribution in [0.5, 0.6) is 5.75 Å². The maximum absolute atomic E-state index is 13.1. The van der Waals surface area contributed by atoms with Gasteiger partial charge in [-0.15, -0.1) is 0 Å². The molecule has 3 aliphatic rings. The third-order valence-corrected chi connectivity index (χ3v) is 6.90. The van der Waals surface area contributed by atoms with Crippen molar-refractivity contribution in [2.45, 2.75) is 31.2 Å². The zero-order valence-electron chi connectivity index (χ0n) is 18.0. The summed E-state index contributed by atoms with van der Waals surface area (Å²) in [6.07, 6.45) is 2.09. The Morgan fingerprint density at radius 3 is 2.84 bits per heavy atom. The summed E-state index contributed by atoms with van der Waals surface area (Å²) in [6, 6.07) is 7.80. The molecule has 0 saturated carbocycles. The second kappa shape index (κ2) is 8.12. The maximum Gasteiger partial charge on any atom is 0.321 e. The highest BCUT2D eigenvalue weighted by atomic mass is 16.5. The van der Waals surface area contributed by atoms with Crippen molar-refractivity contribution in [3.63, 3.8) is 0 Å². The van der Waals surface area contributed by atoms with Gasteiger partial charge in [0.1, 0.15) is 5.75 Å². The van der Waals surface area contributed by atoms with Gasteiger partial charge in [-0.3, -0.25) is 4.90 Å². The van der Waals surface area contributed by atoms with Gasteiger partial charge in [-0.1, -0.05) is 11.2 Å². The molecule has 2 atom stereocenters. The molecule has 0 aliphatic carbocycles. The molecular formula is C22H29N5O4. The molecule has 3 aliphatic heterocycles. The number of nitrogens with zero attached hydrogens (tertiary/aromatic N) is 4. The third-order valence-electron chi connectivity index (χ3n) is 6.90. The van der Waals surface area contributed by atoms with Crippen molar-refractivity contribution < 1.29 is 18.8 Å². The lowest BCUT2D eigenvalue weighted by atomic mass is 9.81. The number of ether oxygens (including phenoxy) is 2. The maximum atomic E-state index is 13.1. The number of anilines is 1. The Hall–Kier alpha value is -2.65. The van der Waals surface area contributed by atoms with Crippen LogP contribution in [0, 0.1) is 12.8 Å². The van der Waals surface area contributed by atoms with Gasteiger partial charge in [-0.25, -0.2) is 4.79 Å². The number of nitrogens with one attached hydrogen (secondary N) is 1. The molecule has 0 radical (unpaired) electrons. The highest BCUT2D eigenvalue weighted by molar-refractivity contribution is 5.90. The average molecular weight is 428 g/mol. The number of aryl methyl sites for hydroxylation is 1. The van der Waals surface area contributed by atoms with Gasteiger partial charge in [0.15, 0.2) is 5.82 Å². The molecule has 0 spiro atoms. The number of hydrogen-bond donors (Lipinski definition) is 1. The van der Waals surface area contributed by atoms with Crippen LogP contribution >= 0.6 is 0 Å². The van der Waals surface area contributed by atoms with Crippen LogP contribution in [0.1, 0.15) is 24.6 Å². The summed E-state index contributed by atoms with van der Waals surface area (Å²) >= 11 is 0. The normalized spacial score (nSPS) is 26.8. The van der Waals surface area contributed by atoms with Crippen LogP contribution in [0.25, 0.3) is 0 Å². The van der Waals surface area contributed by atoms with Gasteiger partial charge >= 0.3 is 6.03 Å². The van der Waals surface area contributed by atoms with Crippen molar-refractivity contribution in [3.8, 4) is 5.75 Å². The van der Waals surface area contributed by atoms with E-state index < -0.39 is 0 Å². The van der Waals surface area contributed by atoms with E-state index in [4.69, 9.17) is 14.0 Å². The number of likely N-dealkylation sites (tertiary alicyclic amines) is 2. The zero-order valence-corrected chi connectivity index (χ0v) is 18.0. The quantitative estimate of drug-likeness (QED) is 0.800. The summed E-state index contributed by atoms with van der Waals surface area (Å²) in [5.74, 6) is 2.25. The molecule has 0 unspecified atom stereocenters. The first-order valence-corrected chi connectivity index (χ1v) is 10.9. The molecule has 1 aromatic heterocycles. The zero-order chi connectivity index (χ0) is 21.4. The van der Waals surface area contributed by atoms with E-state index in [9.17, 15) is 4.79 Å². The van der Waals surface area contributed by atoms with Gasteiger partial charge < -0.3 is 24.2 Å². The first-order valence-electron chi connectivity index (χ1n) is 10.9. The topological polar surface area (TPSA) is 93.0 Å². The van der Waals surface area contributed by atoms with Crippen LogP contribution in [-0.4, -0.2) is 78.5 Å². The predicted molar refractivity (Wildman–Crippen MR) is 113 cm³/mol. The third kappa shape index (κ3) is 3.76. The van der Waals surface area contributed by atoms with Crippen LogP contribution in [-0.2, 0) is 10.2 Å². The summed E-state index contributed by atoms with van der Waals surface area (Å²) < 4.78 is 16.5. The van der Waals surface area contributed by atoms with Gasteiger partial charge in [-0.2, -0.15) is 4.98 Å². The van der Waals surface area contributed by atoms with Gasteiger partial charge in [0, 0.05) is 63.1 Å². The molecule has 3 saturated heterocycles. The fourth-order valence-corrected chi connectivity index (χ4v) is 5.29. The summed E-state index contributed by atoms with van der Waals surface area (Å²) in [7, 11) is 1.61. The molecule has 9 nitrogen and oxygen atoms in total. The highest BCUT2D eigenvalue weighted by Crippen LogP contribution is 2.45. The summed E-state index contributed by atoms with van der Waals surface area (Å²) in [6.45, 7) is 6.45. The lowest BCUT2D eigenvalue weighted by Gasteiger charge is -2.33. The van der Waals surface area contributed by atoms with Crippen LogP contribution in [0.3, 0.4) is 0 Å². The molecule has 2 amide bonds. The van der Waals surface area contributed by atoms with Crippen molar-refractivity contribution in [2.24, 2.45) is 5.92 Å². The molecule has 1 N–H and O–H groups in total. The summed E-state index contributed by atoms with van der Waals surface area (Å²) in [5.41, 5.74) is 0.388. The Morgan fingerprint density at radius 2 is 2.10 bits per heavy atom. The van der Waals surface area contributed by atoms with Crippen molar-refractivity contribution in [1.82, 2.24) is 19.9 Å². The van der Waals surface area contributed by atoms with Crippen molar-refractivity contribution in [2.75, 3.05) is 51.8 Å². The number of carbonyl (C=O) groups excluding carboxylic acids is 1. The number of rotatable bonds is 4. The minimum absolute atomic E-state index is 0.115. The van der Waals surface area contributed by atoms with E-state index in [0.29, 0.717) is 42.3 Å². The lowest BCUT2D eigenvalue weighted by molar-refractivity contribution is 0.0378. The smallest absolute Gasteiger partial charge is 0.321 e. The van der Waals surface area contributed by atoms with Crippen LogP contribution in [0.15, 0.2) is 28.8 Å². The fraction of sp³-hybridized carbons (Fsp3) is 0.591. The summed E-state index contributed by atoms with van der Waals surface area (Å²) in [5, 5.41) is 7.06. The van der Waals surface area contributed by atoms with Crippen molar-refractivity contribution in [3.05, 3.63) is 36.0 Å². The van der Waals surface area contributed by atoms with E-state index in [2.05, 4.69) is 20.4 Å². The van der Waals surface area contributed by atoms with Crippen LogP contribution in [0.4, 0.5) is 10.5 Å². The first kappa shape index (κ1) is 20.3. The lowest BCUT2D eigenvalue weighted by Crippen LogP contribution is -2.44. The standard InChI is InChI=1S/C22H29N5O4/c1-15-23-20(31-25-15)22-13-26(18-6-8-30-9-7-18)11-16(22)12-27(14-22)21(28)24-17-4-3-5-19(10-17)29-2/h3-5,10,16,18H,6-9,11-14H2,1-2H3,(H,24,28)/t16-,22-/m1/s1. The second-order valence-electron chi connectivity index (χ2n) is 8.82. The minimum Gasteiger partial charge on any atom is -0.497 e. The molecule has 2 aromatic rings. The molecule has 4 heterocycles. The largest absolute Gasteiger partial charge is 0.497 e. The molecule has 5 rings (SSSR count). The Morgan fingerprint density at radius 1 is 1.26 bits per heavy atom. The number of fused-ring (bicyclic) bond motifs is 1. The van der Waals surface area contributed by atoms with Crippen LogP contribution in [0.2, 0.25) is 0 Å². The molecule has 0 bridgehead atoms. The number of amides is 2. The predicted octanol–water partition coefficient (Wildman–Crippen LogP) is 2.28. The molecular weight excluding hydrogens is 398 g/mol. The minimum atomic E-state index is -0.328. The molecule has 31 heavy (non-hydrogen) atoms. The van der Waals surface area contributed by atoms with Gasteiger partial charge in [0.05, 0.1) is 12.5 Å². The summed E-state index contributed by atoms with van der Waals surface area (Å²) in [4.78, 5) is 22.1. The number of carbonyl (C=O) groups is 1. The Bertz CT molecular complexity index is 943. The Kier molecular flexibility index (Phi) is 5.31. The average Bonchev–Trinajstić information content (AvgIpc) is 3.47. The Balaban J connectivity index is 1.35. The molecule has 166 valence electrons. The monoisotopic (exact) mass is 427 g/mol. The van der Waals surface area contributed by atoms with E-state index in [0.717, 1.165) is 39.1 Å². The molecule has 9 heteroatoms. The van der Waals surface area contributed by atoms with Gasteiger partial charge in [0.25, 0.3) is 0 Å². The van der Waals surface area contributed by atoms with Crippen LogP contribution < -0.4 is 10.1 Å². The number of benzene rings is 1. The van der Waals surface area contributed by atoms with Crippen molar-refractivity contribution >= 4 is 11.7 Å². The fourth-order valence-electron chi connectivity index (χ4n) is 5.29.